The van der Waals surface area contributed by atoms with E-state index in [0.29, 0.717) is 13.2 Å². The van der Waals surface area contributed by atoms with Crippen LogP contribution in [0.25, 0.3) is 0 Å². The van der Waals surface area contributed by atoms with Gasteiger partial charge in [0.25, 0.3) is 0 Å². The van der Waals surface area contributed by atoms with Gasteiger partial charge in [0.2, 0.25) is 5.90 Å². The summed E-state index contributed by atoms with van der Waals surface area (Å²) < 4.78 is 5.27. The first kappa shape index (κ1) is 13.6. The maximum Gasteiger partial charge on any atom is 0.212 e. The Hall–Kier alpha value is -1.81. The van der Waals surface area contributed by atoms with Gasteiger partial charge in [0.15, 0.2) is 0 Å². The molecule has 3 N–H and O–H groups in total. The Balaban J connectivity index is 2.02. The molecule has 0 unspecified atom stereocenters. The summed E-state index contributed by atoms with van der Waals surface area (Å²) >= 11 is 0. The summed E-state index contributed by atoms with van der Waals surface area (Å²) in [5.74, 6) is 0.220. The number of benzene rings is 1. The lowest BCUT2D eigenvalue weighted by Crippen LogP contribution is -2.36. The Morgan fingerprint density at radius 2 is 2.11 bits per heavy atom. The van der Waals surface area contributed by atoms with Crippen molar-refractivity contribution in [3.8, 4) is 0 Å². The molecule has 1 aromatic rings. The van der Waals surface area contributed by atoms with Crippen molar-refractivity contribution in [3.05, 3.63) is 47.2 Å². The number of rotatable bonds is 4. The highest BCUT2D eigenvalue weighted by Gasteiger charge is 2.21. The second-order valence-corrected chi connectivity index (χ2v) is 4.71. The fraction of sp³-hybridized carbons (Fsp3) is 0.400. The molecule has 1 heterocycles. The van der Waals surface area contributed by atoms with Crippen LogP contribution >= 0.6 is 0 Å². The molecular weight excluding hydrogens is 238 g/mol. The molecule has 0 spiro atoms. The summed E-state index contributed by atoms with van der Waals surface area (Å²) in [5.41, 5.74) is 8.91. The first-order chi connectivity index (χ1) is 9.20. The molecule has 0 saturated carbocycles. The molecule has 0 aliphatic carbocycles. The third kappa shape index (κ3) is 3.58. The van der Waals surface area contributed by atoms with E-state index in [1.807, 2.05) is 25.1 Å². The molecule has 1 aromatic carbocycles. The molecule has 0 radical (unpaired) electrons. The molecule has 102 valence electrons. The summed E-state index contributed by atoms with van der Waals surface area (Å²) in [7, 11) is 0. The maximum atomic E-state index is 7.90. The number of hydrogen-bond acceptors (Lipinski definition) is 4. The molecule has 1 aliphatic heterocycles. The SMILES string of the molecule is CCOC(=N)C1=C(N)CCN(Cc2ccccc2)C1. The van der Waals surface area contributed by atoms with Crippen LogP contribution < -0.4 is 5.73 Å². The monoisotopic (exact) mass is 259 g/mol. The van der Waals surface area contributed by atoms with Crippen LogP contribution in [0.3, 0.4) is 0 Å². The smallest absolute Gasteiger partial charge is 0.212 e. The van der Waals surface area contributed by atoms with Crippen molar-refractivity contribution < 1.29 is 4.74 Å². The number of ether oxygens (including phenoxy) is 1. The fourth-order valence-corrected chi connectivity index (χ4v) is 2.26. The van der Waals surface area contributed by atoms with E-state index in [2.05, 4.69) is 17.0 Å². The minimum Gasteiger partial charge on any atom is -0.478 e. The summed E-state index contributed by atoms with van der Waals surface area (Å²) in [6.07, 6.45) is 0.803. The van der Waals surface area contributed by atoms with Gasteiger partial charge < -0.3 is 10.5 Å². The minimum absolute atomic E-state index is 0.220. The van der Waals surface area contributed by atoms with Crippen molar-refractivity contribution in [2.75, 3.05) is 19.7 Å². The Kier molecular flexibility index (Phi) is 4.58. The molecule has 4 heteroatoms. The van der Waals surface area contributed by atoms with E-state index in [4.69, 9.17) is 15.9 Å². The standard InChI is InChI=1S/C15H21N3O/c1-2-19-15(17)13-11-18(9-8-14(13)16)10-12-6-4-3-5-7-12/h3-7,17H,2,8-11,16H2,1H3. The van der Waals surface area contributed by atoms with E-state index >= 15 is 0 Å². The lowest BCUT2D eigenvalue weighted by atomic mass is 10.1. The topological polar surface area (TPSA) is 62.3 Å². The van der Waals surface area contributed by atoms with Crippen molar-refractivity contribution in [1.82, 2.24) is 4.90 Å². The zero-order valence-electron chi connectivity index (χ0n) is 11.4. The molecule has 1 aliphatic rings. The molecule has 0 atom stereocenters. The molecule has 0 fully saturated rings. The van der Waals surface area contributed by atoms with E-state index in [0.717, 1.165) is 30.8 Å². The molecule has 0 bridgehead atoms. The fourth-order valence-electron chi connectivity index (χ4n) is 2.26. The van der Waals surface area contributed by atoms with Crippen LogP contribution in [-0.4, -0.2) is 30.5 Å². The van der Waals surface area contributed by atoms with Gasteiger partial charge in [0, 0.05) is 37.3 Å². The average Bonchev–Trinajstić information content (AvgIpc) is 2.42. The Labute approximate surface area is 114 Å². The van der Waals surface area contributed by atoms with Gasteiger partial charge in [-0.05, 0) is 12.5 Å². The van der Waals surface area contributed by atoms with Crippen LogP contribution in [0, 0.1) is 5.41 Å². The van der Waals surface area contributed by atoms with Crippen LogP contribution in [0.15, 0.2) is 41.6 Å². The Morgan fingerprint density at radius 1 is 1.37 bits per heavy atom. The molecular formula is C15H21N3O. The zero-order chi connectivity index (χ0) is 13.7. The predicted molar refractivity (Wildman–Crippen MR) is 76.9 cm³/mol. The first-order valence-electron chi connectivity index (χ1n) is 6.66. The largest absolute Gasteiger partial charge is 0.478 e. The summed E-state index contributed by atoms with van der Waals surface area (Å²) in [4.78, 5) is 2.30. The summed E-state index contributed by atoms with van der Waals surface area (Å²) in [6.45, 7) is 4.91. The van der Waals surface area contributed by atoms with Crippen LogP contribution in [0.5, 0.6) is 0 Å². The molecule has 2 rings (SSSR count). The number of nitrogens with one attached hydrogen (secondary N) is 1. The lowest BCUT2D eigenvalue weighted by molar-refractivity contribution is 0.268. The highest BCUT2D eigenvalue weighted by atomic mass is 16.5. The van der Waals surface area contributed by atoms with E-state index in [1.54, 1.807) is 0 Å². The van der Waals surface area contributed by atoms with Crippen LogP contribution in [-0.2, 0) is 11.3 Å². The Bertz CT molecular complexity index is 468. The zero-order valence-corrected chi connectivity index (χ0v) is 11.4. The van der Waals surface area contributed by atoms with E-state index in [-0.39, 0.29) is 5.90 Å². The highest BCUT2D eigenvalue weighted by molar-refractivity contribution is 5.92. The number of nitrogens with two attached hydrogens (primary N) is 1. The molecule has 19 heavy (non-hydrogen) atoms. The van der Waals surface area contributed by atoms with Gasteiger partial charge in [0.1, 0.15) is 0 Å². The molecule has 4 nitrogen and oxygen atoms in total. The van der Waals surface area contributed by atoms with Crippen LogP contribution in [0.4, 0.5) is 0 Å². The van der Waals surface area contributed by atoms with Gasteiger partial charge in [0.05, 0.1) is 6.61 Å². The van der Waals surface area contributed by atoms with Crippen molar-refractivity contribution in [3.63, 3.8) is 0 Å². The summed E-state index contributed by atoms with van der Waals surface area (Å²) in [6, 6.07) is 10.4. The van der Waals surface area contributed by atoms with Crippen molar-refractivity contribution in [2.24, 2.45) is 5.73 Å². The van der Waals surface area contributed by atoms with Gasteiger partial charge in [-0.3, -0.25) is 10.3 Å². The molecule has 0 saturated heterocycles. The van der Waals surface area contributed by atoms with Crippen LogP contribution in [0.2, 0.25) is 0 Å². The molecule has 0 aromatic heterocycles. The lowest BCUT2D eigenvalue weighted by Gasteiger charge is -2.29. The minimum atomic E-state index is 0.220. The second-order valence-electron chi connectivity index (χ2n) is 4.71. The van der Waals surface area contributed by atoms with Gasteiger partial charge in [-0.15, -0.1) is 0 Å². The van der Waals surface area contributed by atoms with Crippen molar-refractivity contribution in [2.45, 2.75) is 19.9 Å². The van der Waals surface area contributed by atoms with Gasteiger partial charge >= 0.3 is 0 Å². The highest BCUT2D eigenvalue weighted by Crippen LogP contribution is 2.17. The summed E-state index contributed by atoms with van der Waals surface area (Å²) in [5, 5.41) is 7.90. The second kappa shape index (κ2) is 6.38. The third-order valence-corrected chi connectivity index (χ3v) is 3.28. The number of hydrogen-bond donors (Lipinski definition) is 2. The first-order valence-corrected chi connectivity index (χ1v) is 6.66. The Morgan fingerprint density at radius 3 is 2.79 bits per heavy atom. The van der Waals surface area contributed by atoms with Crippen molar-refractivity contribution in [1.29, 1.82) is 5.41 Å². The van der Waals surface area contributed by atoms with E-state index < -0.39 is 0 Å². The van der Waals surface area contributed by atoms with Gasteiger partial charge in [-0.2, -0.15) is 0 Å². The van der Waals surface area contributed by atoms with Gasteiger partial charge in [-0.25, -0.2) is 0 Å². The van der Waals surface area contributed by atoms with Crippen LogP contribution in [0.1, 0.15) is 18.9 Å². The van der Waals surface area contributed by atoms with E-state index in [1.165, 1.54) is 5.56 Å². The average molecular weight is 259 g/mol. The third-order valence-electron chi connectivity index (χ3n) is 3.28. The predicted octanol–water partition coefficient (Wildman–Crippen LogP) is 2.12. The number of nitrogens with zero attached hydrogens (tertiary/aromatic N) is 1. The van der Waals surface area contributed by atoms with Gasteiger partial charge in [-0.1, -0.05) is 30.3 Å². The normalized spacial score (nSPS) is 16.5. The maximum absolute atomic E-state index is 7.90. The molecule has 0 amide bonds. The quantitative estimate of drug-likeness (QED) is 0.643. The van der Waals surface area contributed by atoms with Crippen molar-refractivity contribution >= 4 is 5.90 Å². The van der Waals surface area contributed by atoms with E-state index in [9.17, 15) is 0 Å².